The number of nitrogens with one attached hydrogen (secondary N) is 1. The highest BCUT2D eigenvalue weighted by Crippen LogP contribution is 2.29. The molecule has 0 spiro atoms. The number of carbonyl (C=O) groups is 1. The van der Waals surface area contributed by atoms with Crippen molar-refractivity contribution in [2.75, 3.05) is 11.1 Å². The summed E-state index contributed by atoms with van der Waals surface area (Å²) in [5, 5.41) is 16.3. The first-order chi connectivity index (χ1) is 14.6. The van der Waals surface area contributed by atoms with Crippen LogP contribution in [0.4, 0.5) is 5.82 Å². The Morgan fingerprint density at radius 3 is 2.80 bits per heavy atom. The third-order valence-corrected chi connectivity index (χ3v) is 6.77. The normalized spacial score (nSPS) is 10.8. The largest absolute Gasteiger partial charge is 0.326 e. The molecule has 1 amide bonds. The highest BCUT2D eigenvalue weighted by atomic mass is 32.2. The lowest BCUT2D eigenvalue weighted by Gasteiger charge is -2.13. The van der Waals surface area contributed by atoms with Gasteiger partial charge < -0.3 is 9.88 Å². The Morgan fingerprint density at radius 1 is 1.23 bits per heavy atom. The summed E-state index contributed by atoms with van der Waals surface area (Å²) < 4.78 is 1.99. The standard InChI is InChI=1S/C22H19N5OS2/c1-14-15(2)27(11-16-6-4-3-5-7-16)20(18(14)10-23)26-19(28)12-30-22-17-8-9-29-21(17)24-13-25-22/h3-9,13H,11-12H2,1-2H3,(H,26,28). The average molecular weight is 434 g/mol. The molecule has 0 bridgehead atoms. The summed E-state index contributed by atoms with van der Waals surface area (Å²) in [6, 6.07) is 14.2. The molecule has 3 heterocycles. The predicted octanol–water partition coefficient (Wildman–Crippen LogP) is 4.76. The molecule has 1 N–H and O–H groups in total. The van der Waals surface area contributed by atoms with Gasteiger partial charge in [-0.05, 0) is 36.4 Å². The van der Waals surface area contributed by atoms with Gasteiger partial charge in [-0.25, -0.2) is 9.97 Å². The zero-order valence-corrected chi connectivity index (χ0v) is 18.2. The van der Waals surface area contributed by atoms with E-state index >= 15 is 0 Å². The molecule has 0 saturated heterocycles. The van der Waals surface area contributed by atoms with Gasteiger partial charge in [0.2, 0.25) is 5.91 Å². The molecule has 0 radical (unpaired) electrons. The van der Waals surface area contributed by atoms with E-state index in [2.05, 4.69) is 21.4 Å². The smallest absolute Gasteiger partial charge is 0.235 e. The van der Waals surface area contributed by atoms with Gasteiger partial charge in [0, 0.05) is 17.6 Å². The number of carbonyl (C=O) groups excluding carboxylic acids is 1. The van der Waals surface area contributed by atoms with Crippen molar-refractivity contribution in [1.29, 1.82) is 5.26 Å². The molecule has 6 nitrogen and oxygen atoms in total. The van der Waals surface area contributed by atoms with Gasteiger partial charge in [0.15, 0.2) is 0 Å². The molecule has 1 aromatic carbocycles. The first kappa shape index (κ1) is 20.1. The molecule has 0 saturated carbocycles. The van der Waals surface area contributed by atoms with Crippen molar-refractivity contribution in [3.05, 3.63) is 70.5 Å². The van der Waals surface area contributed by atoms with Crippen LogP contribution in [0.2, 0.25) is 0 Å². The van der Waals surface area contributed by atoms with Gasteiger partial charge in [0.1, 0.15) is 28.1 Å². The van der Waals surface area contributed by atoms with E-state index in [4.69, 9.17) is 0 Å². The third kappa shape index (κ3) is 3.95. The molecule has 0 unspecified atom stereocenters. The van der Waals surface area contributed by atoms with E-state index in [0.29, 0.717) is 17.9 Å². The topological polar surface area (TPSA) is 83.6 Å². The molecule has 30 heavy (non-hydrogen) atoms. The molecule has 0 fully saturated rings. The van der Waals surface area contributed by atoms with Crippen molar-refractivity contribution in [3.8, 4) is 6.07 Å². The van der Waals surface area contributed by atoms with E-state index in [-0.39, 0.29) is 11.7 Å². The van der Waals surface area contributed by atoms with Crippen LogP contribution in [0.15, 0.2) is 53.1 Å². The molecule has 4 rings (SSSR count). The molecule has 4 aromatic rings. The summed E-state index contributed by atoms with van der Waals surface area (Å²) >= 11 is 2.91. The quantitative estimate of drug-likeness (QED) is 0.350. The van der Waals surface area contributed by atoms with Crippen LogP contribution in [0.5, 0.6) is 0 Å². The van der Waals surface area contributed by atoms with E-state index < -0.39 is 0 Å². The van der Waals surface area contributed by atoms with Crippen molar-refractivity contribution in [3.63, 3.8) is 0 Å². The monoisotopic (exact) mass is 433 g/mol. The zero-order chi connectivity index (χ0) is 21.1. The number of hydrogen-bond acceptors (Lipinski definition) is 6. The van der Waals surface area contributed by atoms with Gasteiger partial charge in [-0.3, -0.25) is 4.79 Å². The Labute approximate surface area is 182 Å². The molecule has 0 aliphatic rings. The van der Waals surface area contributed by atoms with Crippen LogP contribution < -0.4 is 5.32 Å². The van der Waals surface area contributed by atoms with Crippen LogP contribution in [0.25, 0.3) is 10.2 Å². The number of hydrogen-bond donors (Lipinski definition) is 1. The van der Waals surface area contributed by atoms with Crippen molar-refractivity contribution in [2.45, 2.75) is 25.4 Å². The maximum atomic E-state index is 12.8. The lowest BCUT2D eigenvalue weighted by Crippen LogP contribution is -2.18. The zero-order valence-electron chi connectivity index (χ0n) is 16.5. The highest BCUT2D eigenvalue weighted by Gasteiger charge is 2.20. The maximum absolute atomic E-state index is 12.8. The first-order valence-electron chi connectivity index (χ1n) is 9.33. The van der Waals surface area contributed by atoms with Gasteiger partial charge in [0.25, 0.3) is 0 Å². The summed E-state index contributed by atoms with van der Waals surface area (Å²) in [4.78, 5) is 22.2. The van der Waals surface area contributed by atoms with Crippen molar-refractivity contribution in [1.82, 2.24) is 14.5 Å². The minimum absolute atomic E-state index is 0.176. The Hall–Kier alpha value is -3.15. The van der Waals surface area contributed by atoms with Gasteiger partial charge in [0.05, 0.1) is 11.3 Å². The van der Waals surface area contributed by atoms with Gasteiger partial charge in [-0.1, -0.05) is 42.1 Å². The number of nitriles is 1. The van der Waals surface area contributed by atoms with E-state index in [1.165, 1.54) is 18.1 Å². The van der Waals surface area contributed by atoms with E-state index in [1.807, 2.05) is 60.2 Å². The minimum atomic E-state index is -0.176. The summed E-state index contributed by atoms with van der Waals surface area (Å²) in [6.07, 6.45) is 1.52. The Kier molecular flexibility index (Phi) is 5.84. The number of anilines is 1. The summed E-state index contributed by atoms with van der Waals surface area (Å²) in [6.45, 7) is 4.46. The molecular weight excluding hydrogens is 414 g/mol. The van der Waals surface area contributed by atoms with E-state index in [9.17, 15) is 10.1 Å². The second-order valence-electron chi connectivity index (χ2n) is 6.77. The number of aromatic nitrogens is 3. The Balaban J connectivity index is 1.56. The lowest BCUT2D eigenvalue weighted by atomic mass is 10.2. The van der Waals surface area contributed by atoms with Crippen LogP contribution in [0.1, 0.15) is 22.4 Å². The van der Waals surface area contributed by atoms with Crippen LogP contribution >= 0.6 is 23.1 Å². The van der Waals surface area contributed by atoms with Crippen molar-refractivity contribution >= 4 is 45.0 Å². The molecule has 8 heteroatoms. The van der Waals surface area contributed by atoms with Gasteiger partial charge in [-0.15, -0.1) is 11.3 Å². The van der Waals surface area contributed by atoms with Gasteiger partial charge >= 0.3 is 0 Å². The number of rotatable bonds is 6. The van der Waals surface area contributed by atoms with E-state index in [0.717, 1.165) is 32.1 Å². The van der Waals surface area contributed by atoms with E-state index in [1.54, 1.807) is 11.3 Å². The van der Waals surface area contributed by atoms with Crippen LogP contribution in [0, 0.1) is 25.2 Å². The molecular formula is C22H19N5OS2. The SMILES string of the molecule is Cc1c(C#N)c(NC(=O)CSc2ncnc3sccc23)n(Cc2ccccc2)c1C. The molecule has 0 atom stereocenters. The number of nitrogens with zero attached hydrogens (tertiary/aromatic N) is 4. The number of thioether (sulfide) groups is 1. The Morgan fingerprint density at radius 2 is 2.03 bits per heavy atom. The van der Waals surface area contributed by atoms with Crippen molar-refractivity contribution < 1.29 is 4.79 Å². The van der Waals surface area contributed by atoms with Crippen LogP contribution in [0.3, 0.4) is 0 Å². The molecule has 3 aromatic heterocycles. The number of benzene rings is 1. The second-order valence-corrected chi connectivity index (χ2v) is 8.63. The van der Waals surface area contributed by atoms with Crippen LogP contribution in [-0.2, 0) is 11.3 Å². The predicted molar refractivity (Wildman–Crippen MR) is 121 cm³/mol. The number of amides is 1. The molecule has 0 aliphatic heterocycles. The Bertz CT molecular complexity index is 1250. The molecule has 0 aliphatic carbocycles. The summed E-state index contributed by atoms with van der Waals surface area (Å²) in [7, 11) is 0. The number of thiophene rings is 1. The van der Waals surface area contributed by atoms with Crippen LogP contribution in [-0.4, -0.2) is 26.2 Å². The second kappa shape index (κ2) is 8.69. The summed E-state index contributed by atoms with van der Waals surface area (Å²) in [5.74, 6) is 0.567. The lowest BCUT2D eigenvalue weighted by molar-refractivity contribution is -0.113. The third-order valence-electron chi connectivity index (χ3n) is 4.95. The van der Waals surface area contributed by atoms with Crippen molar-refractivity contribution in [2.24, 2.45) is 0 Å². The average Bonchev–Trinajstić information content (AvgIpc) is 3.32. The fraction of sp³-hybridized carbons (Fsp3) is 0.182. The molecule has 150 valence electrons. The minimum Gasteiger partial charge on any atom is -0.326 e. The first-order valence-corrected chi connectivity index (χ1v) is 11.2. The summed E-state index contributed by atoms with van der Waals surface area (Å²) in [5.41, 5.74) is 3.45. The van der Waals surface area contributed by atoms with Gasteiger partial charge in [-0.2, -0.15) is 5.26 Å². The fourth-order valence-electron chi connectivity index (χ4n) is 3.28. The fourth-order valence-corrected chi connectivity index (χ4v) is 4.86. The highest BCUT2D eigenvalue weighted by molar-refractivity contribution is 8.00. The maximum Gasteiger partial charge on any atom is 0.235 e. The number of fused-ring (bicyclic) bond motifs is 1.